The quantitative estimate of drug-likeness (QED) is 0.348. The molecule has 2 aromatic rings. The van der Waals surface area contributed by atoms with Gasteiger partial charge in [0.25, 0.3) is 0 Å². The normalized spacial score (nSPS) is 23.2. The van der Waals surface area contributed by atoms with Crippen LogP contribution in [0.5, 0.6) is 5.75 Å². The predicted octanol–water partition coefficient (Wildman–Crippen LogP) is 7.55. The van der Waals surface area contributed by atoms with Gasteiger partial charge in [-0.3, -0.25) is 9.69 Å². The average molecular weight is 615 g/mol. The van der Waals surface area contributed by atoms with Crippen LogP contribution in [-0.4, -0.2) is 42.3 Å². The minimum Gasteiger partial charge on any atom is -0.496 e. The lowest BCUT2D eigenvalue weighted by Crippen LogP contribution is -2.45. The van der Waals surface area contributed by atoms with Crippen LogP contribution >= 0.6 is 15.9 Å². The Hall–Kier alpha value is -2.61. The van der Waals surface area contributed by atoms with Gasteiger partial charge in [0.05, 0.1) is 7.11 Å². The largest absolute Gasteiger partial charge is 0.496 e. The maximum absolute atomic E-state index is 13.9. The summed E-state index contributed by atoms with van der Waals surface area (Å²) in [7, 11) is 1.72. The molecule has 0 atom stereocenters. The van der Waals surface area contributed by atoms with E-state index in [1.165, 1.54) is 11.1 Å². The van der Waals surface area contributed by atoms with Gasteiger partial charge in [-0.05, 0) is 120 Å². The second kappa shape index (κ2) is 13.4. The Morgan fingerprint density at radius 3 is 2.33 bits per heavy atom. The highest BCUT2D eigenvalue weighted by atomic mass is 79.9. The lowest BCUT2D eigenvalue weighted by Gasteiger charge is -2.36. The summed E-state index contributed by atoms with van der Waals surface area (Å²) in [6.45, 7) is 8.37. The van der Waals surface area contributed by atoms with Crippen LogP contribution < -0.4 is 15.0 Å². The Labute approximate surface area is 247 Å². The molecule has 2 amide bonds. The van der Waals surface area contributed by atoms with Gasteiger partial charge in [-0.2, -0.15) is 0 Å². The van der Waals surface area contributed by atoms with Crippen molar-refractivity contribution in [2.24, 2.45) is 11.8 Å². The van der Waals surface area contributed by atoms with Gasteiger partial charge < -0.3 is 14.8 Å². The van der Waals surface area contributed by atoms with Crippen LogP contribution in [0.4, 0.5) is 10.6 Å². The predicted molar refractivity (Wildman–Crippen MR) is 162 cm³/mol. The van der Waals surface area contributed by atoms with Crippen LogP contribution in [0.3, 0.4) is 0 Å². The SMILES string of the molecule is COc1ccc([C@H]2CC[C@H](CN(c3cc(Br)ccn3)C(=O)[C@H]3CC[C@H](NC(=O)OC(C)(C)C)CC3)CC2)cc1C. The number of pyridine rings is 1. The molecule has 2 aliphatic carbocycles. The first kappa shape index (κ1) is 30.4. The van der Waals surface area contributed by atoms with Gasteiger partial charge in [-0.25, -0.2) is 9.78 Å². The molecule has 0 radical (unpaired) electrons. The molecule has 8 heteroatoms. The summed E-state index contributed by atoms with van der Waals surface area (Å²) < 4.78 is 11.8. The molecule has 0 spiro atoms. The van der Waals surface area contributed by atoms with Crippen molar-refractivity contribution in [3.8, 4) is 5.75 Å². The minimum absolute atomic E-state index is 0.0354. The van der Waals surface area contributed by atoms with E-state index in [1.807, 2.05) is 37.8 Å². The number of nitrogens with zero attached hydrogens (tertiary/aromatic N) is 2. The van der Waals surface area contributed by atoms with Crippen molar-refractivity contribution in [1.82, 2.24) is 10.3 Å². The molecule has 0 aliphatic heterocycles. The minimum atomic E-state index is -0.526. The van der Waals surface area contributed by atoms with Gasteiger partial charge in [-0.1, -0.05) is 28.1 Å². The van der Waals surface area contributed by atoms with Gasteiger partial charge in [0.15, 0.2) is 0 Å². The van der Waals surface area contributed by atoms with Crippen molar-refractivity contribution in [2.45, 2.75) is 96.6 Å². The van der Waals surface area contributed by atoms with E-state index in [9.17, 15) is 9.59 Å². The fourth-order valence-electron chi connectivity index (χ4n) is 6.11. The first-order valence-corrected chi connectivity index (χ1v) is 15.4. The number of benzene rings is 1. The standard InChI is InChI=1S/C32H44BrN3O4/c1-21-18-25(12-15-28(21)39-5)23-8-6-22(7-9-23)20-36(29-19-26(33)16-17-34-29)30(37)24-10-13-27(14-11-24)35-31(38)40-32(2,3)4/h12,15-19,22-24,27H,6-11,13-14,20H2,1-5H3,(H,35,38)/t22-,23-,24-,27-. The summed E-state index contributed by atoms with van der Waals surface area (Å²) in [6.07, 6.45) is 8.79. The number of anilines is 1. The Morgan fingerprint density at radius 2 is 1.73 bits per heavy atom. The maximum atomic E-state index is 13.9. The number of aryl methyl sites for hydroxylation is 1. The molecule has 1 aromatic carbocycles. The molecular formula is C32H44BrN3O4. The second-order valence-electron chi connectivity index (χ2n) is 12.4. The zero-order valence-electron chi connectivity index (χ0n) is 24.5. The van der Waals surface area contributed by atoms with Crippen LogP contribution in [0.25, 0.3) is 0 Å². The highest BCUT2D eigenvalue weighted by molar-refractivity contribution is 9.10. The number of rotatable bonds is 7. The lowest BCUT2D eigenvalue weighted by atomic mass is 9.78. The van der Waals surface area contributed by atoms with E-state index in [1.54, 1.807) is 13.3 Å². The number of carbonyl (C=O) groups excluding carboxylic acids is 2. The zero-order chi connectivity index (χ0) is 28.9. The van der Waals surface area contributed by atoms with Gasteiger partial charge >= 0.3 is 6.09 Å². The van der Waals surface area contributed by atoms with Gasteiger partial charge in [0.1, 0.15) is 17.2 Å². The van der Waals surface area contributed by atoms with E-state index >= 15 is 0 Å². The van der Waals surface area contributed by atoms with E-state index < -0.39 is 5.60 Å². The highest BCUT2D eigenvalue weighted by Crippen LogP contribution is 2.38. The Kier molecular flexibility index (Phi) is 10.1. The molecule has 4 rings (SSSR count). The maximum Gasteiger partial charge on any atom is 0.407 e. The van der Waals surface area contributed by atoms with E-state index in [2.05, 4.69) is 51.4 Å². The van der Waals surface area contributed by atoms with Crippen LogP contribution in [0.1, 0.15) is 89.2 Å². The molecule has 2 aliphatic rings. The summed E-state index contributed by atoms with van der Waals surface area (Å²) >= 11 is 3.56. The third kappa shape index (κ3) is 8.21. The van der Waals surface area contributed by atoms with E-state index in [0.29, 0.717) is 24.2 Å². The molecule has 1 heterocycles. The van der Waals surface area contributed by atoms with E-state index in [4.69, 9.17) is 9.47 Å². The average Bonchev–Trinajstić information content (AvgIpc) is 2.91. The Bertz CT molecular complexity index is 1160. The summed E-state index contributed by atoms with van der Waals surface area (Å²) in [5.74, 6) is 2.70. The summed E-state index contributed by atoms with van der Waals surface area (Å²) in [6, 6.07) is 10.4. The number of carbonyl (C=O) groups is 2. The Morgan fingerprint density at radius 1 is 1.02 bits per heavy atom. The number of hydrogen-bond acceptors (Lipinski definition) is 5. The van der Waals surface area contributed by atoms with Crippen molar-refractivity contribution < 1.29 is 19.1 Å². The molecule has 2 saturated carbocycles. The first-order valence-electron chi connectivity index (χ1n) is 14.6. The van der Waals surface area contributed by atoms with Crippen LogP contribution in [0.15, 0.2) is 41.0 Å². The molecule has 0 saturated heterocycles. The second-order valence-corrected chi connectivity index (χ2v) is 13.3. The van der Waals surface area contributed by atoms with E-state index in [0.717, 1.165) is 61.6 Å². The molecule has 40 heavy (non-hydrogen) atoms. The number of ether oxygens (including phenoxy) is 2. The van der Waals surface area contributed by atoms with Gasteiger partial charge in [0.2, 0.25) is 5.91 Å². The van der Waals surface area contributed by atoms with Crippen molar-refractivity contribution in [1.29, 1.82) is 0 Å². The molecule has 2 fully saturated rings. The molecule has 218 valence electrons. The number of methoxy groups -OCH3 is 1. The van der Waals surface area contributed by atoms with Crippen molar-refractivity contribution in [3.05, 3.63) is 52.1 Å². The molecular weight excluding hydrogens is 570 g/mol. The molecule has 0 unspecified atom stereocenters. The third-order valence-corrected chi connectivity index (χ3v) is 8.72. The summed E-state index contributed by atoms with van der Waals surface area (Å²) in [5.41, 5.74) is 2.03. The van der Waals surface area contributed by atoms with Crippen molar-refractivity contribution in [3.63, 3.8) is 0 Å². The number of hydrogen-bond donors (Lipinski definition) is 1. The Balaban J connectivity index is 1.37. The van der Waals surface area contributed by atoms with Crippen LogP contribution in [-0.2, 0) is 9.53 Å². The smallest absolute Gasteiger partial charge is 0.407 e. The highest BCUT2D eigenvalue weighted by Gasteiger charge is 2.34. The monoisotopic (exact) mass is 613 g/mol. The third-order valence-electron chi connectivity index (χ3n) is 8.23. The molecule has 7 nitrogen and oxygen atoms in total. The fourth-order valence-corrected chi connectivity index (χ4v) is 6.43. The zero-order valence-corrected chi connectivity index (χ0v) is 26.1. The lowest BCUT2D eigenvalue weighted by molar-refractivity contribution is -0.123. The fraction of sp³-hybridized carbons (Fsp3) is 0.594. The van der Waals surface area contributed by atoms with Gasteiger partial charge in [0, 0.05) is 29.2 Å². The van der Waals surface area contributed by atoms with Crippen molar-refractivity contribution >= 4 is 33.7 Å². The number of halogens is 1. The molecule has 1 aromatic heterocycles. The number of alkyl carbamates (subject to hydrolysis) is 1. The number of amides is 2. The molecule has 1 N–H and O–H groups in total. The summed E-state index contributed by atoms with van der Waals surface area (Å²) in [4.78, 5) is 32.7. The van der Waals surface area contributed by atoms with Crippen molar-refractivity contribution in [2.75, 3.05) is 18.6 Å². The number of nitrogens with one attached hydrogen (secondary N) is 1. The van der Waals surface area contributed by atoms with Crippen LogP contribution in [0.2, 0.25) is 0 Å². The topological polar surface area (TPSA) is 80.8 Å². The summed E-state index contributed by atoms with van der Waals surface area (Å²) in [5, 5.41) is 2.98. The first-order chi connectivity index (χ1) is 19.0. The van der Waals surface area contributed by atoms with E-state index in [-0.39, 0.29) is 24.0 Å². The van der Waals surface area contributed by atoms with Crippen LogP contribution in [0, 0.1) is 18.8 Å². The van der Waals surface area contributed by atoms with Gasteiger partial charge in [-0.15, -0.1) is 0 Å². The molecule has 0 bridgehead atoms. The number of aromatic nitrogens is 1.